The van der Waals surface area contributed by atoms with E-state index in [2.05, 4.69) is 19.2 Å². The first kappa shape index (κ1) is 76.2. The van der Waals surface area contributed by atoms with Crippen LogP contribution in [0.15, 0.2) is 12.2 Å². The summed E-state index contributed by atoms with van der Waals surface area (Å²) in [5, 5.41) is 13.9. The third-order valence-electron chi connectivity index (χ3n) is 16.2. The van der Waals surface area contributed by atoms with Crippen LogP contribution < -0.4 is 10.2 Å². The lowest BCUT2D eigenvalue weighted by Crippen LogP contribution is -2.45. The Morgan fingerprint density at radius 2 is 0.701 bits per heavy atom. The van der Waals surface area contributed by atoms with Crippen molar-refractivity contribution in [2.24, 2.45) is 0 Å². The van der Waals surface area contributed by atoms with Gasteiger partial charge in [0.25, 0.3) is 7.82 Å². The molecule has 0 radical (unpaired) electrons. The molecule has 0 bridgehead atoms. The van der Waals surface area contributed by atoms with Crippen LogP contribution in [-0.2, 0) is 18.4 Å². The number of rotatable bonds is 65. The Kier molecular flexibility index (Phi) is 59.3. The van der Waals surface area contributed by atoms with Crippen molar-refractivity contribution in [1.82, 2.24) is 5.32 Å². The monoisotopic (exact) mass is 1110 g/mol. The van der Waals surface area contributed by atoms with Gasteiger partial charge in [0.1, 0.15) is 13.2 Å². The van der Waals surface area contributed by atoms with Crippen molar-refractivity contribution in [3.63, 3.8) is 0 Å². The largest absolute Gasteiger partial charge is 0.756 e. The van der Waals surface area contributed by atoms with E-state index in [0.717, 1.165) is 38.5 Å². The number of quaternary nitrogens is 1. The highest BCUT2D eigenvalue weighted by molar-refractivity contribution is 7.45. The zero-order valence-electron chi connectivity index (χ0n) is 52.7. The molecule has 0 spiro atoms. The smallest absolute Gasteiger partial charge is 0.268 e. The van der Waals surface area contributed by atoms with Crippen molar-refractivity contribution in [3.05, 3.63) is 12.2 Å². The molecule has 0 aliphatic heterocycles. The van der Waals surface area contributed by atoms with E-state index < -0.39 is 20.0 Å². The standard InChI is InChI=1S/C68H137N2O6P/c1-6-8-10-12-14-16-18-20-22-24-25-26-27-28-29-30-31-32-33-34-35-36-37-38-39-40-41-42-43-44-46-48-50-52-54-56-58-60-62-68(72)69-66(65-76-77(73,74)75-64-63-70(3,4)5)67(71)61-59-57-55-53-51-49-47-45-23-21-19-17-15-13-11-9-7-2/h59,61,66-67,71H,6-58,60,62-65H2,1-5H3,(H-,69,72,73,74)/b61-59+. The molecule has 0 aromatic carbocycles. The van der Waals surface area contributed by atoms with Gasteiger partial charge in [-0.2, -0.15) is 0 Å². The number of hydrogen-bond donors (Lipinski definition) is 2. The average molecular weight is 1110 g/mol. The summed E-state index contributed by atoms with van der Waals surface area (Å²) in [5.41, 5.74) is 0. The molecule has 9 heteroatoms. The molecule has 0 aromatic heterocycles. The number of nitrogens with one attached hydrogen (secondary N) is 1. The van der Waals surface area contributed by atoms with Crippen LogP contribution in [0.25, 0.3) is 0 Å². The molecule has 0 aromatic rings. The highest BCUT2D eigenvalue weighted by Crippen LogP contribution is 2.38. The molecule has 0 heterocycles. The molecule has 0 fully saturated rings. The van der Waals surface area contributed by atoms with E-state index in [9.17, 15) is 19.4 Å². The minimum atomic E-state index is -4.59. The second-order valence-electron chi connectivity index (χ2n) is 25.3. The summed E-state index contributed by atoms with van der Waals surface area (Å²) in [6.07, 6.45) is 76.3. The van der Waals surface area contributed by atoms with Crippen molar-refractivity contribution in [2.45, 2.75) is 379 Å². The molecule has 3 unspecified atom stereocenters. The molecule has 460 valence electrons. The number of aliphatic hydroxyl groups is 1. The Bertz CT molecular complexity index is 1260. The number of phosphoric acid groups is 1. The van der Waals surface area contributed by atoms with Crippen LogP contribution in [0.5, 0.6) is 0 Å². The number of phosphoric ester groups is 1. The van der Waals surface area contributed by atoms with E-state index >= 15 is 0 Å². The van der Waals surface area contributed by atoms with Gasteiger partial charge in [0, 0.05) is 6.42 Å². The molecule has 0 saturated heterocycles. The number of likely N-dealkylation sites (N-methyl/N-ethyl adjacent to an activating group) is 1. The molecule has 77 heavy (non-hydrogen) atoms. The third-order valence-corrected chi connectivity index (χ3v) is 17.2. The summed E-state index contributed by atoms with van der Waals surface area (Å²) in [5.74, 6) is -0.188. The number of nitrogens with zero attached hydrogens (tertiary/aromatic N) is 1. The Morgan fingerprint density at radius 3 is 0.974 bits per heavy atom. The van der Waals surface area contributed by atoms with Crippen molar-refractivity contribution in [2.75, 3.05) is 40.9 Å². The summed E-state index contributed by atoms with van der Waals surface area (Å²) >= 11 is 0. The zero-order valence-corrected chi connectivity index (χ0v) is 53.6. The lowest BCUT2D eigenvalue weighted by Gasteiger charge is -2.29. The van der Waals surface area contributed by atoms with E-state index in [4.69, 9.17) is 9.05 Å². The van der Waals surface area contributed by atoms with E-state index in [1.165, 1.54) is 308 Å². The first-order chi connectivity index (χ1) is 37.5. The number of amides is 1. The number of carbonyl (C=O) groups is 1. The Labute approximate surface area is 482 Å². The van der Waals surface area contributed by atoms with Crippen molar-refractivity contribution in [3.8, 4) is 0 Å². The molecule has 8 nitrogen and oxygen atoms in total. The van der Waals surface area contributed by atoms with E-state index in [1.807, 2.05) is 27.2 Å². The fourth-order valence-electron chi connectivity index (χ4n) is 10.9. The molecule has 0 aliphatic rings. The third kappa shape index (κ3) is 62.7. The van der Waals surface area contributed by atoms with Gasteiger partial charge in [-0.3, -0.25) is 9.36 Å². The molecule has 3 atom stereocenters. The van der Waals surface area contributed by atoms with Crippen LogP contribution in [-0.4, -0.2) is 68.5 Å². The maximum Gasteiger partial charge on any atom is 0.268 e. The van der Waals surface area contributed by atoms with Gasteiger partial charge in [0.15, 0.2) is 0 Å². The molecule has 1 amide bonds. The summed E-state index contributed by atoms with van der Waals surface area (Å²) in [6, 6.07) is -0.883. The van der Waals surface area contributed by atoms with Crippen molar-refractivity contribution >= 4 is 13.7 Å². The van der Waals surface area contributed by atoms with Gasteiger partial charge >= 0.3 is 0 Å². The SMILES string of the molecule is CCCCCCCCCCCCCCCCC/C=C/C(O)C(COP(=O)([O-])OCC[N+](C)(C)C)NC(=O)CCCCCCCCCCCCCCCCCCCCCCCCCCCCCCCCCCCCCCCC. The fourth-order valence-corrected chi connectivity index (χ4v) is 11.6. The zero-order chi connectivity index (χ0) is 56.3. The summed E-state index contributed by atoms with van der Waals surface area (Å²) in [4.78, 5) is 25.6. The highest BCUT2D eigenvalue weighted by Gasteiger charge is 2.23. The topological polar surface area (TPSA) is 108 Å². The van der Waals surface area contributed by atoms with Crippen LogP contribution >= 0.6 is 7.82 Å². The minimum absolute atomic E-state index is 0.00277. The summed E-state index contributed by atoms with van der Waals surface area (Å²) < 4.78 is 23.4. The second kappa shape index (κ2) is 59.8. The van der Waals surface area contributed by atoms with Crippen molar-refractivity contribution < 1.29 is 32.9 Å². The summed E-state index contributed by atoms with van der Waals surface area (Å²) in [7, 11) is 1.28. The van der Waals surface area contributed by atoms with Crippen LogP contribution in [0, 0.1) is 0 Å². The Morgan fingerprint density at radius 1 is 0.442 bits per heavy atom. The van der Waals surface area contributed by atoms with Gasteiger partial charge in [-0.05, 0) is 19.3 Å². The quantitative estimate of drug-likeness (QED) is 0.0272. The van der Waals surface area contributed by atoms with E-state index in [-0.39, 0.29) is 19.1 Å². The minimum Gasteiger partial charge on any atom is -0.756 e. The van der Waals surface area contributed by atoms with Crippen LogP contribution in [0.4, 0.5) is 0 Å². The lowest BCUT2D eigenvalue weighted by molar-refractivity contribution is -0.870. The number of aliphatic hydroxyl groups excluding tert-OH is 1. The van der Waals surface area contributed by atoms with Crippen LogP contribution in [0.2, 0.25) is 0 Å². The molecule has 0 aliphatic carbocycles. The van der Waals surface area contributed by atoms with Gasteiger partial charge in [0.05, 0.1) is 39.9 Å². The predicted octanol–water partition coefficient (Wildman–Crippen LogP) is 21.1. The van der Waals surface area contributed by atoms with E-state index in [1.54, 1.807) is 6.08 Å². The predicted molar refractivity (Wildman–Crippen MR) is 335 cm³/mol. The summed E-state index contributed by atoms with van der Waals surface area (Å²) in [6.45, 7) is 4.71. The molecule has 0 saturated carbocycles. The first-order valence-corrected chi connectivity index (χ1v) is 36.0. The first-order valence-electron chi connectivity index (χ1n) is 34.6. The Balaban J connectivity index is 3.88. The molecule has 2 N–H and O–H groups in total. The number of carbonyl (C=O) groups excluding carboxylic acids is 1. The lowest BCUT2D eigenvalue weighted by atomic mass is 10.0. The molecule has 0 rings (SSSR count). The van der Waals surface area contributed by atoms with Gasteiger partial charge in [0.2, 0.25) is 5.91 Å². The van der Waals surface area contributed by atoms with Gasteiger partial charge in [-0.1, -0.05) is 353 Å². The number of unbranched alkanes of at least 4 members (excludes halogenated alkanes) is 52. The second-order valence-corrected chi connectivity index (χ2v) is 26.7. The normalized spacial score (nSPS) is 13.7. The van der Waals surface area contributed by atoms with E-state index in [0.29, 0.717) is 17.4 Å². The number of hydrogen-bond acceptors (Lipinski definition) is 6. The van der Waals surface area contributed by atoms with Crippen molar-refractivity contribution in [1.29, 1.82) is 0 Å². The van der Waals surface area contributed by atoms with Crippen LogP contribution in [0.3, 0.4) is 0 Å². The van der Waals surface area contributed by atoms with Gasteiger partial charge < -0.3 is 28.8 Å². The highest BCUT2D eigenvalue weighted by atomic mass is 31.2. The Hall–Kier alpha value is -0.760. The van der Waals surface area contributed by atoms with Gasteiger partial charge in [-0.25, -0.2) is 0 Å². The molecular formula is C68H137N2O6P. The van der Waals surface area contributed by atoms with Crippen LogP contribution in [0.1, 0.15) is 367 Å². The number of allylic oxidation sites excluding steroid dienone is 1. The maximum atomic E-state index is 13.0. The average Bonchev–Trinajstić information content (AvgIpc) is 3.39. The maximum absolute atomic E-state index is 13.0. The fraction of sp³-hybridized carbons (Fsp3) is 0.956. The molecular weight excluding hydrogens is 972 g/mol. The van der Waals surface area contributed by atoms with Gasteiger partial charge in [-0.15, -0.1) is 0 Å².